The van der Waals surface area contributed by atoms with Crippen molar-refractivity contribution in [1.29, 1.82) is 0 Å². The molecule has 0 radical (unpaired) electrons. The van der Waals surface area contributed by atoms with E-state index in [1.807, 2.05) is 72.9 Å². The number of aliphatic hydroxyl groups is 2. The zero-order valence-corrected chi connectivity index (χ0v) is 24.8. The first-order valence-corrected chi connectivity index (χ1v) is 14.8. The van der Waals surface area contributed by atoms with E-state index in [1.165, 1.54) is 12.1 Å². The number of rotatable bonds is 14. The Hall–Kier alpha value is -4.57. The Kier molecular flexibility index (Phi) is 10.2. The molecule has 0 atom stereocenters. The normalized spacial score (nSPS) is 11.6. The van der Waals surface area contributed by atoms with Gasteiger partial charge in [-0.1, -0.05) is 66.7 Å². The van der Waals surface area contributed by atoms with Crippen molar-refractivity contribution in [2.24, 2.45) is 5.73 Å². The monoisotopic (exact) mass is 614 g/mol. The Bertz CT molecular complexity index is 1710. The van der Waals surface area contributed by atoms with E-state index in [-0.39, 0.29) is 19.6 Å². The third-order valence-corrected chi connectivity index (χ3v) is 7.73. The smallest absolute Gasteiger partial charge is 0.306 e. The number of hydrogen-bond donors (Lipinski definition) is 3. The molecule has 0 amide bonds. The van der Waals surface area contributed by atoms with Crippen LogP contribution >= 0.6 is 0 Å². The number of nitrogens with two attached hydrogens (primary N) is 1. The first-order chi connectivity index (χ1) is 21.8. The van der Waals surface area contributed by atoms with Crippen LogP contribution in [0.3, 0.4) is 0 Å². The zero-order chi connectivity index (χ0) is 31.8. The molecular formula is C36H36F2N2O5. The van der Waals surface area contributed by atoms with Gasteiger partial charge < -0.3 is 30.0 Å². The van der Waals surface area contributed by atoms with Gasteiger partial charge in [0.05, 0.1) is 30.0 Å². The molecule has 5 rings (SSSR count). The van der Waals surface area contributed by atoms with Crippen molar-refractivity contribution in [1.82, 2.24) is 4.57 Å². The third-order valence-electron chi connectivity index (χ3n) is 7.73. The molecule has 9 heteroatoms. The lowest BCUT2D eigenvalue weighted by Crippen LogP contribution is -2.51. The van der Waals surface area contributed by atoms with Crippen LogP contribution in [-0.4, -0.2) is 46.1 Å². The lowest BCUT2D eigenvalue weighted by atomic mass is 10.0. The SMILES string of the molecule is NC(CO)(CO)COC(=O)CCc1ccc2c(c1)c(CCc1ccccc1)cn2-c1cc(F)c(OCc2ccccc2)c(F)c1. The summed E-state index contributed by atoms with van der Waals surface area (Å²) in [5, 5.41) is 19.5. The number of hydrogen-bond acceptors (Lipinski definition) is 6. The molecule has 0 aliphatic rings. The topological polar surface area (TPSA) is 107 Å². The molecule has 7 nitrogen and oxygen atoms in total. The minimum absolute atomic E-state index is 0.0381. The number of aryl methyl sites for hydroxylation is 3. The summed E-state index contributed by atoms with van der Waals surface area (Å²) in [6.07, 6.45) is 3.80. The maximum absolute atomic E-state index is 15.2. The number of halogens is 2. The van der Waals surface area contributed by atoms with Crippen molar-refractivity contribution in [3.63, 3.8) is 0 Å². The van der Waals surface area contributed by atoms with Gasteiger partial charge in [-0.3, -0.25) is 4.79 Å². The summed E-state index contributed by atoms with van der Waals surface area (Å²) < 4.78 is 42.9. The summed E-state index contributed by atoms with van der Waals surface area (Å²) in [7, 11) is 0. The summed E-state index contributed by atoms with van der Waals surface area (Å²) >= 11 is 0. The van der Waals surface area contributed by atoms with E-state index < -0.39 is 42.1 Å². The van der Waals surface area contributed by atoms with Gasteiger partial charge in [0.1, 0.15) is 13.2 Å². The van der Waals surface area contributed by atoms with E-state index in [2.05, 4.69) is 12.1 Å². The maximum Gasteiger partial charge on any atom is 0.306 e. The average molecular weight is 615 g/mol. The van der Waals surface area contributed by atoms with Gasteiger partial charge in [-0.15, -0.1) is 0 Å². The van der Waals surface area contributed by atoms with Crippen molar-refractivity contribution in [3.8, 4) is 11.4 Å². The van der Waals surface area contributed by atoms with E-state index in [0.29, 0.717) is 18.5 Å². The third kappa shape index (κ3) is 7.94. The van der Waals surface area contributed by atoms with Crippen molar-refractivity contribution in [2.45, 2.75) is 37.8 Å². The number of benzene rings is 4. The highest BCUT2D eigenvalue weighted by Crippen LogP contribution is 2.31. The second-order valence-electron chi connectivity index (χ2n) is 11.2. The van der Waals surface area contributed by atoms with Gasteiger partial charge in [-0.25, -0.2) is 8.78 Å². The first-order valence-electron chi connectivity index (χ1n) is 14.8. The van der Waals surface area contributed by atoms with Crippen molar-refractivity contribution >= 4 is 16.9 Å². The predicted octanol–water partition coefficient (Wildman–Crippen LogP) is 5.43. The standard InChI is InChI=1S/C36H36F2N2O5/c37-31-18-29(19-32(38)35(31)44-21-27-9-5-2-6-10-27)40-20-28(14-11-25-7-3-1-4-8-25)30-17-26(12-15-33(30)40)13-16-34(43)45-24-36(39,22-41)23-42/h1-10,12,15,17-20,41-42H,11,13-14,16,21-24,39H2. The predicted molar refractivity (Wildman–Crippen MR) is 168 cm³/mol. The van der Waals surface area contributed by atoms with Crippen LogP contribution in [0, 0.1) is 11.6 Å². The van der Waals surface area contributed by atoms with Gasteiger partial charge in [-0.2, -0.15) is 0 Å². The number of ether oxygens (including phenoxy) is 2. The Balaban J connectivity index is 1.40. The van der Waals surface area contributed by atoms with Crippen LogP contribution in [-0.2, 0) is 35.4 Å². The number of carbonyl (C=O) groups is 1. The van der Waals surface area contributed by atoms with E-state index >= 15 is 8.78 Å². The van der Waals surface area contributed by atoms with Gasteiger partial charge in [-0.05, 0) is 53.6 Å². The quantitative estimate of drug-likeness (QED) is 0.144. The van der Waals surface area contributed by atoms with Gasteiger partial charge in [0.15, 0.2) is 17.4 Å². The molecule has 1 heterocycles. The minimum atomic E-state index is -1.39. The van der Waals surface area contributed by atoms with Crippen LogP contribution in [0.25, 0.3) is 16.6 Å². The molecule has 0 bridgehead atoms. The average Bonchev–Trinajstić information content (AvgIpc) is 3.43. The van der Waals surface area contributed by atoms with Gasteiger partial charge >= 0.3 is 5.97 Å². The molecule has 5 aromatic rings. The Morgan fingerprint density at radius 3 is 2.09 bits per heavy atom. The van der Waals surface area contributed by atoms with E-state index in [1.54, 1.807) is 4.57 Å². The molecule has 0 saturated heterocycles. The van der Waals surface area contributed by atoms with Gasteiger partial charge in [0.25, 0.3) is 0 Å². The fraction of sp³-hybridized carbons (Fsp3) is 0.250. The summed E-state index contributed by atoms with van der Waals surface area (Å²) in [5.41, 5.74) is 9.30. The van der Waals surface area contributed by atoms with Crippen LogP contribution in [0.15, 0.2) is 97.2 Å². The molecular weight excluding hydrogens is 578 g/mol. The molecule has 0 spiro atoms. The minimum Gasteiger partial charge on any atom is -0.483 e. The largest absolute Gasteiger partial charge is 0.483 e. The lowest BCUT2D eigenvalue weighted by Gasteiger charge is -2.23. The molecule has 0 aliphatic heterocycles. The summed E-state index contributed by atoms with van der Waals surface area (Å²) in [5.74, 6) is -2.53. The fourth-order valence-electron chi connectivity index (χ4n) is 5.07. The highest BCUT2D eigenvalue weighted by Gasteiger charge is 2.25. The molecule has 0 aliphatic carbocycles. The molecule has 234 valence electrons. The van der Waals surface area contributed by atoms with Crippen molar-refractivity contribution in [3.05, 3.63) is 131 Å². The van der Waals surface area contributed by atoms with Crippen molar-refractivity contribution in [2.75, 3.05) is 19.8 Å². The summed E-state index contributed by atoms with van der Waals surface area (Å²) in [6, 6.07) is 27.5. The molecule has 4 N–H and O–H groups in total. The second-order valence-corrected chi connectivity index (χ2v) is 11.2. The van der Waals surface area contributed by atoms with Crippen LogP contribution in [0.5, 0.6) is 5.75 Å². The fourth-order valence-corrected chi connectivity index (χ4v) is 5.07. The van der Waals surface area contributed by atoms with Crippen LogP contribution in [0.2, 0.25) is 0 Å². The van der Waals surface area contributed by atoms with Crippen LogP contribution < -0.4 is 10.5 Å². The number of fused-ring (bicyclic) bond motifs is 1. The zero-order valence-electron chi connectivity index (χ0n) is 24.8. The molecule has 4 aromatic carbocycles. The number of carbonyl (C=O) groups excluding carboxylic acids is 1. The molecule has 0 fully saturated rings. The molecule has 0 saturated carbocycles. The molecule has 45 heavy (non-hydrogen) atoms. The number of nitrogens with zero attached hydrogens (tertiary/aromatic N) is 1. The number of aromatic nitrogens is 1. The second kappa shape index (κ2) is 14.5. The van der Waals surface area contributed by atoms with Crippen molar-refractivity contribution < 1.29 is 33.3 Å². The maximum atomic E-state index is 15.2. The van der Waals surface area contributed by atoms with Crippen LogP contribution in [0.4, 0.5) is 8.78 Å². The van der Waals surface area contributed by atoms with Gasteiger partial charge in [0.2, 0.25) is 0 Å². The molecule has 0 unspecified atom stereocenters. The lowest BCUT2D eigenvalue weighted by molar-refractivity contribution is -0.146. The molecule has 1 aromatic heterocycles. The summed E-state index contributed by atoms with van der Waals surface area (Å²) in [6.45, 7) is -1.30. The van der Waals surface area contributed by atoms with Crippen LogP contribution in [0.1, 0.15) is 28.7 Å². The highest BCUT2D eigenvalue weighted by molar-refractivity contribution is 5.86. The Labute approximate surface area is 260 Å². The van der Waals surface area contributed by atoms with E-state index in [0.717, 1.165) is 39.6 Å². The van der Waals surface area contributed by atoms with Gasteiger partial charge in [0, 0.05) is 30.1 Å². The highest BCUT2D eigenvalue weighted by atomic mass is 19.1. The number of esters is 1. The number of aliphatic hydroxyl groups excluding tert-OH is 2. The Morgan fingerprint density at radius 1 is 0.800 bits per heavy atom. The summed E-state index contributed by atoms with van der Waals surface area (Å²) in [4.78, 5) is 12.4. The van der Waals surface area contributed by atoms with E-state index in [9.17, 15) is 15.0 Å². The Morgan fingerprint density at radius 2 is 1.44 bits per heavy atom. The first kappa shape index (κ1) is 31.8. The van der Waals surface area contributed by atoms with E-state index in [4.69, 9.17) is 15.2 Å².